The number of amides is 1. The first-order valence-corrected chi connectivity index (χ1v) is 5.06. The summed E-state index contributed by atoms with van der Waals surface area (Å²) < 4.78 is 0. The van der Waals surface area contributed by atoms with Crippen molar-refractivity contribution >= 4 is 17.2 Å². The van der Waals surface area contributed by atoms with Crippen molar-refractivity contribution in [1.82, 2.24) is 10.2 Å². The Labute approximate surface area is 82.2 Å². The number of carbonyl (C=O) groups excluding carboxylic acids is 1. The molecule has 0 saturated carbocycles. The topological polar surface area (TPSA) is 68.9 Å². The van der Waals surface area contributed by atoms with Crippen LogP contribution in [0.1, 0.15) is 48.4 Å². The van der Waals surface area contributed by atoms with Crippen LogP contribution in [0, 0.1) is 0 Å². The maximum absolute atomic E-state index is 10.6. The molecular formula is C8H15N3OS. The van der Waals surface area contributed by atoms with Crippen LogP contribution >= 0.6 is 11.3 Å². The maximum Gasteiger partial charge on any atom is 0.279 e. The molecule has 2 N–H and O–H groups in total. The molecule has 1 rings (SSSR count). The summed E-state index contributed by atoms with van der Waals surface area (Å²) in [4.78, 5) is 10.6. The van der Waals surface area contributed by atoms with Gasteiger partial charge in [-0.1, -0.05) is 39.0 Å². The summed E-state index contributed by atoms with van der Waals surface area (Å²) >= 11 is 1.25. The second-order valence-electron chi connectivity index (χ2n) is 2.46. The zero-order valence-corrected chi connectivity index (χ0v) is 9.18. The van der Waals surface area contributed by atoms with Crippen LogP contribution in [0.15, 0.2) is 0 Å². The Balaban J connectivity index is 0.000000671. The molecule has 74 valence electrons. The van der Waals surface area contributed by atoms with Crippen LogP contribution in [0.2, 0.25) is 0 Å². The van der Waals surface area contributed by atoms with Crippen molar-refractivity contribution in [3.63, 3.8) is 0 Å². The fraction of sp³-hybridized carbons (Fsp3) is 0.625. The van der Waals surface area contributed by atoms with E-state index in [-0.39, 0.29) is 5.01 Å². The fourth-order valence-electron chi connectivity index (χ4n) is 0.567. The Bertz CT molecular complexity index is 270. The first-order valence-electron chi connectivity index (χ1n) is 4.24. The van der Waals surface area contributed by atoms with Gasteiger partial charge in [0, 0.05) is 5.92 Å². The first-order chi connectivity index (χ1) is 6.11. The smallest absolute Gasteiger partial charge is 0.279 e. The highest BCUT2D eigenvalue weighted by atomic mass is 32.1. The largest absolute Gasteiger partial charge is 0.363 e. The van der Waals surface area contributed by atoms with Crippen molar-refractivity contribution in [2.45, 2.75) is 33.6 Å². The number of aromatic nitrogens is 2. The Kier molecular flexibility index (Phi) is 5.22. The summed E-state index contributed by atoms with van der Waals surface area (Å²) in [5.74, 6) is -0.199. The molecule has 13 heavy (non-hydrogen) atoms. The lowest BCUT2D eigenvalue weighted by Gasteiger charge is -1.92. The van der Waals surface area contributed by atoms with Gasteiger partial charge in [0.05, 0.1) is 0 Å². The van der Waals surface area contributed by atoms with Crippen molar-refractivity contribution in [2.24, 2.45) is 5.73 Å². The Morgan fingerprint density at radius 3 is 2.15 bits per heavy atom. The number of rotatable bonds is 2. The fourth-order valence-corrected chi connectivity index (χ4v) is 1.27. The second-order valence-corrected chi connectivity index (χ2v) is 3.47. The monoisotopic (exact) mass is 201 g/mol. The van der Waals surface area contributed by atoms with Crippen LogP contribution in [0.25, 0.3) is 0 Å². The molecule has 0 aliphatic rings. The van der Waals surface area contributed by atoms with Gasteiger partial charge in [-0.2, -0.15) is 0 Å². The lowest BCUT2D eigenvalue weighted by Crippen LogP contribution is -2.10. The number of primary amides is 1. The summed E-state index contributed by atoms with van der Waals surface area (Å²) in [6.07, 6.45) is 0. The van der Waals surface area contributed by atoms with Crippen molar-refractivity contribution in [2.75, 3.05) is 0 Å². The summed E-state index contributed by atoms with van der Waals surface area (Å²) in [6.45, 7) is 7.98. The van der Waals surface area contributed by atoms with Gasteiger partial charge >= 0.3 is 0 Å². The molecule has 1 aromatic rings. The number of carbonyl (C=O) groups is 1. The number of hydrogen-bond donors (Lipinski definition) is 1. The molecule has 0 aromatic carbocycles. The van der Waals surface area contributed by atoms with Crippen molar-refractivity contribution in [3.05, 3.63) is 10.0 Å². The highest BCUT2D eigenvalue weighted by Crippen LogP contribution is 2.17. The second kappa shape index (κ2) is 5.64. The van der Waals surface area contributed by atoms with Crippen molar-refractivity contribution in [3.8, 4) is 0 Å². The van der Waals surface area contributed by atoms with Gasteiger partial charge in [0.2, 0.25) is 5.01 Å². The van der Waals surface area contributed by atoms with Crippen LogP contribution < -0.4 is 5.73 Å². The molecular weight excluding hydrogens is 186 g/mol. The van der Waals surface area contributed by atoms with Crippen LogP contribution in [0.4, 0.5) is 0 Å². The molecule has 1 aromatic heterocycles. The highest BCUT2D eigenvalue weighted by molar-refractivity contribution is 7.13. The molecule has 5 heteroatoms. The molecule has 0 fully saturated rings. The van der Waals surface area contributed by atoms with Gasteiger partial charge in [-0.25, -0.2) is 0 Å². The number of hydrogen-bond acceptors (Lipinski definition) is 4. The van der Waals surface area contributed by atoms with E-state index in [1.165, 1.54) is 11.3 Å². The number of nitrogens with two attached hydrogens (primary N) is 1. The predicted molar refractivity (Wildman–Crippen MR) is 53.9 cm³/mol. The number of nitrogens with zero attached hydrogens (tertiary/aromatic N) is 2. The molecule has 4 nitrogen and oxygen atoms in total. The summed E-state index contributed by atoms with van der Waals surface area (Å²) in [5.41, 5.74) is 5.00. The van der Waals surface area contributed by atoms with Gasteiger partial charge in [0.15, 0.2) is 0 Å². The molecule has 0 aliphatic carbocycles. The van der Waals surface area contributed by atoms with Crippen molar-refractivity contribution < 1.29 is 4.79 Å². The normalized spacial score (nSPS) is 9.31. The van der Waals surface area contributed by atoms with Gasteiger partial charge in [-0.15, -0.1) is 10.2 Å². The van der Waals surface area contributed by atoms with Crippen LogP contribution in [0.5, 0.6) is 0 Å². The lowest BCUT2D eigenvalue weighted by molar-refractivity contribution is 0.0999. The Hall–Kier alpha value is -0.970. The van der Waals surface area contributed by atoms with Crippen LogP contribution in [-0.4, -0.2) is 16.1 Å². The predicted octanol–water partition coefficient (Wildman–Crippen LogP) is 1.79. The minimum Gasteiger partial charge on any atom is -0.363 e. The minimum absolute atomic E-state index is 0.286. The van der Waals surface area contributed by atoms with E-state index < -0.39 is 5.91 Å². The van der Waals surface area contributed by atoms with E-state index in [1.54, 1.807) is 0 Å². The molecule has 0 atom stereocenters. The Morgan fingerprint density at radius 1 is 1.38 bits per heavy atom. The van der Waals surface area contributed by atoms with E-state index >= 15 is 0 Å². The van der Waals surface area contributed by atoms with E-state index in [4.69, 9.17) is 5.73 Å². The van der Waals surface area contributed by atoms with Gasteiger partial charge in [-0.3, -0.25) is 4.79 Å². The SMILES string of the molecule is CC.CC(C)c1nnc(C(N)=O)s1. The first kappa shape index (κ1) is 12.0. The third-order valence-electron chi connectivity index (χ3n) is 1.15. The third-order valence-corrected chi connectivity index (χ3v) is 2.38. The van der Waals surface area contributed by atoms with E-state index in [0.29, 0.717) is 5.92 Å². The van der Waals surface area contributed by atoms with Gasteiger partial charge < -0.3 is 5.73 Å². The van der Waals surface area contributed by atoms with Gasteiger partial charge in [-0.05, 0) is 0 Å². The summed E-state index contributed by atoms with van der Waals surface area (Å²) in [5, 5.41) is 8.57. The van der Waals surface area contributed by atoms with Crippen LogP contribution in [0.3, 0.4) is 0 Å². The third kappa shape index (κ3) is 3.50. The molecule has 0 aliphatic heterocycles. The minimum atomic E-state index is -0.505. The van der Waals surface area contributed by atoms with E-state index in [9.17, 15) is 4.79 Å². The average Bonchev–Trinajstić information content (AvgIpc) is 2.56. The average molecular weight is 201 g/mol. The highest BCUT2D eigenvalue weighted by Gasteiger charge is 2.10. The molecule has 0 unspecified atom stereocenters. The molecule has 0 spiro atoms. The zero-order chi connectivity index (χ0) is 10.4. The van der Waals surface area contributed by atoms with E-state index in [1.807, 2.05) is 27.7 Å². The Morgan fingerprint density at radius 2 is 1.92 bits per heavy atom. The summed E-state index contributed by atoms with van der Waals surface area (Å²) in [6, 6.07) is 0. The van der Waals surface area contributed by atoms with E-state index in [0.717, 1.165) is 5.01 Å². The van der Waals surface area contributed by atoms with Gasteiger partial charge in [0.25, 0.3) is 5.91 Å². The summed E-state index contributed by atoms with van der Waals surface area (Å²) in [7, 11) is 0. The standard InChI is InChI=1S/C6H9N3OS.C2H6/c1-3(2)5-8-9-6(11-5)4(7)10;1-2/h3H,1-2H3,(H2,7,10);1-2H3. The zero-order valence-electron chi connectivity index (χ0n) is 8.37. The molecule has 0 saturated heterocycles. The lowest BCUT2D eigenvalue weighted by atomic mass is 10.2. The molecule has 1 amide bonds. The quantitative estimate of drug-likeness (QED) is 0.793. The molecule has 0 radical (unpaired) electrons. The maximum atomic E-state index is 10.6. The van der Waals surface area contributed by atoms with Gasteiger partial charge in [0.1, 0.15) is 5.01 Å². The van der Waals surface area contributed by atoms with Crippen molar-refractivity contribution in [1.29, 1.82) is 0 Å². The molecule has 0 bridgehead atoms. The van der Waals surface area contributed by atoms with E-state index in [2.05, 4.69) is 10.2 Å². The van der Waals surface area contributed by atoms with Crippen LogP contribution in [-0.2, 0) is 0 Å². The molecule has 1 heterocycles.